The SMILES string of the molecule is CC[C@@H](C)c1ccc(-n2c(SCC(=O)N3CCNC3=O)nc3cc(Cl)ccc3c2=O)cc1. The zero-order valence-corrected chi connectivity index (χ0v) is 19.4. The predicted molar refractivity (Wildman–Crippen MR) is 127 cm³/mol. The molecule has 1 aliphatic heterocycles. The summed E-state index contributed by atoms with van der Waals surface area (Å²) >= 11 is 7.24. The molecule has 1 fully saturated rings. The summed E-state index contributed by atoms with van der Waals surface area (Å²) in [6.07, 6.45) is 1.02. The van der Waals surface area contributed by atoms with Crippen LogP contribution in [0.1, 0.15) is 31.7 Å². The van der Waals surface area contributed by atoms with Gasteiger partial charge in [-0.05, 0) is 48.2 Å². The Balaban J connectivity index is 1.75. The van der Waals surface area contributed by atoms with Gasteiger partial charge in [0.1, 0.15) is 0 Å². The summed E-state index contributed by atoms with van der Waals surface area (Å²) in [4.78, 5) is 43.5. The van der Waals surface area contributed by atoms with Crippen LogP contribution in [0.5, 0.6) is 0 Å². The van der Waals surface area contributed by atoms with Gasteiger partial charge in [0, 0.05) is 18.1 Å². The number of amides is 3. The molecule has 4 rings (SSSR count). The Morgan fingerprint density at radius 2 is 1.97 bits per heavy atom. The van der Waals surface area contributed by atoms with Crippen LogP contribution in [0.25, 0.3) is 16.6 Å². The Morgan fingerprint density at radius 1 is 1.22 bits per heavy atom. The monoisotopic (exact) mass is 470 g/mol. The number of aromatic nitrogens is 2. The third-order valence-corrected chi connectivity index (χ3v) is 6.77. The van der Waals surface area contributed by atoms with Crippen LogP contribution in [0.4, 0.5) is 4.79 Å². The van der Waals surface area contributed by atoms with Crippen molar-refractivity contribution in [3.8, 4) is 5.69 Å². The molecule has 32 heavy (non-hydrogen) atoms. The largest absolute Gasteiger partial charge is 0.336 e. The van der Waals surface area contributed by atoms with Crippen molar-refractivity contribution in [3.05, 3.63) is 63.4 Å². The summed E-state index contributed by atoms with van der Waals surface area (Å²) in [7, 11) is 0. The van der Waals surface area contributed by atoms with E-state index in [1.54, 1.807) is 18.2 Å². The first-order chi connectivity index (χ1) is 15.4. The predicted octanol–water partition coefficient (Wildman–Crippen LogP) is 4.20. The zero-order valence-electron chi connectivity index (χ0n) is 17.8. The van der Waals surface area contributed by atoms with Gasteiger partial charge < -0.3 is 5.32 Å². The maximum atomic E-state index is 13.4. The van der Waals surface area contributed by atoms with Crippen LogP contribution >= 0.6 is 23.4 Å². The van der Waals surface area contributed by atoms with Crippen molar-refractivity contribution < 1.29 is 9.59 Å². The average molecular weight is 471 g/mol. The van der Waals surface area contributed by atoms with Gasteiger partial charge in [0.15, 0.2) is 5.16 Å². The van der Waals surface area contributed by atoms with Gasteiger partial charge in [-0.1, -0.05) is 49.3 Å². The van der Waals surface area contributed by atoms with Crippen LogP contribution in [0.15, 0.2) is 52.4 Å². The smallest absolute Gasteiger partial charge is 0.324 e. The van der Waals surface area contributed by atoms with Crippen molar-refractivity contribution in [1.29, 1.82) is 0 Å². The summed E-state index contributed by atoms with van der Waals surface area (Å²) in [5, 5.41) is 3.90. The van der Waals surface area contributed by atoms with Gasteiger partial charge in [0.05, 0.1) is 22.3 Å². The molecule has 1 aliphatic rings. The highest BCUT2D eigenvalue weighted by molar-refractivity contribution is 7.99. The maximum absolute atomic E-state index is 13.4. The number of fused-ring (bicyclic) bond motifs is 1. The van der Waals surface area contributed by atoms with E-state index in [1.165, 1.54) is 15.0 Å². The number of hydrogen-bond acceptors (Lipinski definition) is 5. The number of rotatable bonds is 6. The molecule has 2 aromatic carbocycles. The quantitative estimate of drug-likeness (QED) is 0.431. The van der Waals surface area contributed by atoms with E-state index >= 15 is 0 Å². The highest BCUT2D eigenvalue weighted by Gasteiger charge is 2.26. The molecule has 0 unspecified atom stereocenters. The molecule has 1 N–H and O–H groups in total. The van der Waals surface area contributed by atoms with Gasteiger partial charge in [0.2, 0.25) is 5.91 Å². The Bertz CT molecular complexity index is 1240. The van der Waals surface area contributed by atoms with Gasteiger partial charge in [-0.25, -0.2) is 9.78 Å². The zero-order chi connectivity index (χ0) is 22.8. The molecule has 2 heterocycles. The minimum Gasteiger partial charge on any atom is -0.336 e. The minimum absolute atomic E-state index is 0.0170. The third-order valence-electron chi connectivity index (χ3n) is 5.62. The molecule has 1 saturated heterocycles. The van der Waals surface area contributed by atoms with Crippen LogP contribution in [-0.2, 0) is 4.79 Å². The van der Waals surface area contributed by atoms with Crippen LogP contribution < -0.4 is 10.9 Å². The first-order valence-corrected chi connectivity index (χ1v) is 11.8. The normalized spacial score (nSPS) is 14.6. The summed E-state index contributed by atoms with van der Waals surface area (Å²) in [6, 6.07) is 12.4. The summed E-state index contributed by atoms with van der Waals surface area (Å²) in [5.74, 6) is 0.0662. The van der Waals surface area contributed by atoms with Gasteiger partial charge in [-0.3, -0.25) is 19.1 Å². The number of carbonyl (C=O) groups excluding carboxylic acids is 2. The first kappa shape index (κ1) is 22.4. The van der Waals surface area contributed by atoms with Gasteiger partial charge >= 0.3 is 6.03 Å². The van der Waals surface area contributed by atoms with E-state index in [0.717, 1.165) is 18.2 Å². The number of halogens is 1. The maximum Gasteiger partial charge on any atom is 0.324 e. The van der Waals surface area contributed by atoms with E-state index in [0.29, 0.717) is 45.8 Å². The van der Waals surface area contributed by atoms with Crippen molar-refractivity contribution in [3.63, 3.8) is 0 Å². The van der Waals surface area contributed by atoms with Crippen molar-refractivity contribution in [2.75, 3.05) is 18.8 Å². The van der Waals surface area contributed by atoms with E-state index in [-0.39, 0.29) is 17.2 Å². The highest BCUT2D eigenvalue weighted by atomic mass is 35.5. The Kier molecular flexibility index (Phi) is 6.53. The number of imide groups is 1. The number of urea groups is 1. The Hall–Kier alpha value is -2.84. The lowest BCUT2D eigenvalue weighted by Gasteiger charge is -2.16. The number of carbonyl (C=O) groups is 2. The fourth-order valence-electron chi connectivity index (χ4n) is 3.56. The highest BCUT2D eigenvalue weighted by Crippen LogP contribution is 2.25. The minimum atomic E-state index is -0.396. The molecule has 7 nitrogen and oxygen atoms in total. The molecule has 0 bridgehead atoms. The number of hydrogen-bond donors (Lipinski definition) is 1. The first-order valence-electron chi connectivity index (χ1n) is 10.4. The summed E-state index contributed by atoms with van der Waals surface area (Å²) in [5.41, 5.74) is 2.08. The second-order valence-electron chi connectivity index (χ2n) is 7.66. The number of nitrogens with zero attached hydrogens (tertiary/aromatic N) is 3. The lowest BCUT2D eigenvalue weighted by Crippen LogP contribution is -2.35. The van der Waals surface area contributed by atoms with E-state index in [9.17, 15) is 14.4 Å². The molecule has 1 atom stereocenters. The van der Waals surface area contributed by atoms with Crippen molar-refractivity contribution in [1.82, 2.24) is 19.8 Å². The topological polar surface area (TPSA) is 84.3 Å². The van der Waals surface area contributed by atoms with E-state index in [4.69, 9.17) is 11.6 Å². The van der Waals surface area contributed by atoms with Crippen molar-refractivity contribution >= 4 is 46.2 Å². The molecule has 1 aromatic heterocycles. The molecule has 3 amide bonds. The van der Waals surface area contributed by atoms with Gasteiger partial charge in [-0.15, -0.1) is 0 Å². The van der Waals surface area contributed by atoms with Crippen LogP contribution in [-0.4, -0.2) is 45.2 Å². The Labute approximate surface area is 194 Å². The molecule has 3 aromatic rings. The molecule has 166 valence electrons. The van der Waals surface area contributed by atoms with Gasteiger partial charge in [-0.2, -0.15) is 0 Å². The number of nitrogens with one attached hydrogen (secondary N) is 1. The van der Waals surface area contributed by atoms with Crippen LogP contribution in [0.2, 0.25) is 5.02 Å². The second-order valence-corrected chi connectivity index (χ2v) is 9.04. The van der Waals surface area contributed by atoms with E-state index in [1.807, 2.05) is 24.3 Å². The standard InChI is InChI=1S/C23H23ClN4O3S/c1-3-14(2)15-4-7-17(8-5-15)28-21(30)18-9-6-16(24)12-19(18)26-23(28)32-13-20(29)27-11-10-25-22(27)31/h4-9,12,14H,3,10-11,13H2,1-2H3,(H,25,31)/t14-/m1/s1. The average Bonchev–Trinajstić information content (AvgIpc) is 3.23. The molecule has 0 spiro atoms. The molecular formula is C23H23ClN4O3S. The van der Waals surface area contributed by atoms with Crippen molar-refractivity contribution in [2.24, 2.45) is 0 Å². The lowest BCUT2D eigenvalue weighted by atomic mass is 9.98. The van der Waals surface area contributed by atoms with E-state index < -0.39 is 6.03 Å². The van der Waals surface area contributed by atoms with Crippen LogP contribution in [0.3, 0.4) is 0 Å². The second kappa shape index (κ2) is 9.34. The third kappa shape index (κ3) is 4.38. The lowest BCUT2D eigenvalue weighted by molar-refractivity contribution is -0.124. The molecule has 0 aliphatic carbocycles. The molecular weight excluding hydrogens is 448 g/mol. The van der Waals surface area contributed by atoms with Crippen LogP contribution in [0, 0.1) is 0 Å². The molecule has 0 saturated carbocycles. The molecule has 0 radical (unpaired) electrons. The fourth-order valence-corrected chi connectivity index (χ4v) is 4.62. The number of thioether (sulfide) groups is 1. The molecule has 9 heteroatoms. The summed E-state index contributed by atoms with van der Waals surface area (Å²) < 4.78 is 1.51. The van der Waals surface area contributed by atoms with Crippen molar-refractivity contribution in [2.45, 2.75) is 31.3 Å². The summed E-state index contributed by atoms with van der Waals surface area (Å²) in [6.45, 7) is 5.07. The Morgan fingerprint density at radius 3 is 2.62 bits per heavy atom. The fraction of sp³-hybridized carbons (Fsp3) is 0.304. The number of benzene rings is 2. The van der Waals surface area contributed by atoms with Gasteiger partial charge in [0.25, 0.3) is 5.56 Å². The van der Waals surface area contributed by atoms with E-state index in [2.05, 4.69) is 24.1 Å².